The molecule has 0 saturated heterocycles. The molecule has 0 aliphatic heterocycles. The molecule has 0 N–H and O–H groups in total. The summed E-state index contributed by atoms with van der Waals surface area (Å²) in [6.45, 7) is 2.62. The molecule has 0 bridgehead atoms. The summed E-state index contributed by atoms with van der Waals surface area (Å²) in [6, 6.07) is 5.48. The first-order valence-electron chi connectivity index (χ1n) is 6.81. The maximum Gasteiger partial charge on any atom is 0.338 e. The van der Waals surface area contributed by atoms with Crippen LogP contribution < -0.4 is 4.74 Å². The van der Waals surface area contributed by atoms with Crippen molar-refractivity contribution >= 4 is 17.6 Å². The van der Waals surface area contributed by atoms with E-state index < -0.39 is 34.6 Å². The number of rotatable bonds is 6. The molecule has 1 amide bonds. The topological polar surface area (TPSA) is 123 Å². The van der Waals surface area contributed by atoms with Crippen molar-refractivity contribution in [2.24, 2.45) is 0 Å². The number of ether oxygens (including phenoxy) is 2. The van der Waals surface area contributed by atoms with Gasteiger partial charge >= 0.3 is 11.7 Å². The lowest BCUT2D eigenvalue weighted by Crippen LogP contribution is -2.45. The number of methoxy groups -OCH3 is 1. The second kappa shape index (κ2) is 7.41. The summed E-state index contributed by atoms with van der Waals surface area (Å²) in [4.78, 5) is 35.0. The molecule has 1 aromatic rings. The van der Waals surface area contributed by atoms with Gasteiger partial charge in [0.1, 0.15) is 5.54 Å². The predicted octanol–water partition coefficient (Wildman–Crippen LogP) is 1.52. The molecule has 128 valence electrons. The minimum Gasteiger partial charge on any atom is -0.477 e. The Morgan fingerprint density at radius 3 is 2.54 bits per heavy atom. The van der Waals surface area contributed by atoms with Crippen molar-refractivity contribution in [3.63, 3.8) is 0 Å². The summed E-state index contributed by atoms with van der Waals surface area (Å²) in [5.41, 5.74) is -1.51. The highest BCUT2D eigenvalue weighted by atomic mass is 16.6. The van der Waals surface area contributed by atoms with E-state index in [1.807, 2.05) is 6.07 Å². The zero-order valence-electron chi connectivity index (χ0n) is 13.7. The second-order valence-electron chi connectivity index (χ2n) is 5.34. The molecule has 0 heterocycles. The first-order valence-corrected chi connectivity index (χ1v) is 6.81. The number of nitriles is 1. The Morgan fingerprint density at radius 2 is 2.04 bits per heavy atom. The lowest BCUT2D eigenvalue weighted by atomic mass is 10.1. The van der Waals surface area contributed by atoms with Crippen LogP contribution in [0.1, 0.15) is 24.2 Å². The second-order valence-corrected chi connectivity index (χ2v) is 5.34. The summed E-state index contributed by atoms with van der Waals surface area (Å²) in [7, 11) is 2.59. The lowest BCUT2D eigenvalue weighted by Gasteiger charge is -2.28. The van der Waals surface area contributed by atoms with E-state index in [4.69, 9.17) is 10.00 Å². The van der Waals surface area contributed by atoms with Crippen LogP contribution >= 0.6 is 0 Å². The number of nitro benzene ring substituents is 1. The maximum absolute atomic E-state index is 12.0. The van der Waals surface area contributed by atoms with Gasteiger partial charge in [-0.2, -0.15) is 5.26 Å². The van der Waals surface area contributed by atoms with Crippen LogP contribution in [0, 0.1) is 21.4 Å². The Kier molecular flexibility index (Phi) is 5.84. The van der Waals surface area contributed by atoms with Crippen molar-refractivity contribution in [2.45, 2.75) is 19.4 Å². The van der Waals surface area contributed by atoms with Crippen LogP contribution in [0.3, 0.4) is 0 Å². The molecule has 0 aliphatic rings. The molecule has 0 spiro atoms. The van der Waals surface area contributed by atoms with Gasteiger partial charge in [-0.1, -0.05) is 0 Å². The molecular weight excluding hydrogens is 318 g/mol. The minimum absolute atomic E-state index is 0.00870. The third-order valence-corrected chi connectivity index (χ3v) is 3.41. The van der Waals surface area contributed by atoms with Gasteiger partial charge in [0.2, 0.25) is 0 Å². The Morgan fingerprint density at radius 1 is 1.42 bits per heavy atom. The molecule has 1 rings (SSSR count). The molecule has 0 fully saturated rings. The van der Waals surface area contributed by atoms with Crippen molar-refractivity contribution in [1.29, 1.82) is 5.26 Å². The van der Waals surface area contributed by atoms with E-state index in [2.05, 4.69) is 4.74 Å². The van der Waals surface area contributed by atoms with Gasteiger partial charge in [-0.25, -0.2) is 4.79 Å². The first kappa shape index (κ1) is 18.9. The summed E-state index contributed by atoms with van der Waals surface area (Å²) < 4.78 is 9.69. The number of nitro groups is 1. The van der Waals surface area contributed by atoms with Gasteiger partial charge in [0.25, 0.3) is 5.91 Å². The standard InChI is InChI=1S/C15H17N3O6/c1-15(2,9-16)17(3)13(19)8-24-12-6-5-10(14(20)23-4)7-11(12)18(21)22/h5-7H,8H2,1-4H3. The fraction of sp³-hybridized carbons (Fsp3) is 0.400. The van der Waals surface area contributed by atoms with Crippen LogP contribution in [-0.4, -0.2) is 48.0 Å². The maximum atomic E-state index is 12.0. The van der Waals surface area contributed by atoms with E-state index in [0.717, 1.165) is 13.2 Å². The number of likely N-dealkylation sites (N-methyl/N-ethyl adjacent to an activating group) is 1. The smallest absolute Gasteiger partial charge is 0.338 e. The molecule has 0 saturated carbocycles. The van der Waals surface area contributed by atoms with Crippen molar-refractivity contribution in [2.75, 3.05) is 20.8 Å². The molecular formula is C15H17N3O6. The number of esters is 1. The van der Waals surface area contributed by atoms with Gasteiger partial charge in [0.15, 0.2) is 12.4 Å². The third-order valence-electron chi connectivity index (χ3n) is 3.41. The molecule has 0 atom stereocenters. The Bertz CT molecular complexity index is 708. The fourth-order valence-electron chi connectivity index (χ4n) is 1.65. The summed E-state index contributed by atoms with van der Waals surface area (Å²) >= 11 is 0. The van der Waals surface area contributed by atoms with Crippen LogP contribution in [0.25, 0.3) is 0 Å². The minimum atomic E-state index is -1.04. The molecule has 0 unspecified atom stereocenters. The molecule has 24 heavy (non-hydrogen) atoms. The number of benzene rings is 1. The zero-order chi connectivity index (χ0) is 18.5. The van der Waals surface area contributed by atoms with Gasteiger partial charge in [-0.3, -0.25) is 14.9 Å². The molecule has 9 heteroatoms. The summed E-state index contributed by atoms with van der Waals surface area (Å²) in [5.74, 6) is -1.41. The van der Waals surface area contributed by atoms with E-state index in [1.54, 1.807) is 13.8 Å². The Labute approximate surface area is 138 Å². The molecule has 0 aliphatic carbocycles. The van der Waals surface area contributed by atoms with E-state index in [9.17, 15) is 19.7 Å². The van der Waals surface area contributed by atoms with Crippen LogP contribution in [0.5, 0.6) is 5.75 Å². The quantitative estimate of drug-likeness (QED) is 0.438. The largest absolute Gasteiger partial charge is 0.477 e. The van der Waals surface area contributed by atoms with Crippen LogP contribution in [0.15, 0.2) is 18.2 Å². The molecule has 1 aromatic carbocycles. The van der Waals surface area contributed by atoms with Gasteiger partial charge in [0, 0.05) is 13.1 Å². The van der Waals surface area contributed by atoms with Crippen LogP contribution in [0.2, 0.25) is 0 Å². The number of carbonyl (C=O) groups is 2. The molecule has 9 nitrogen and oxygen atoms in total. The third kappa shape index (κ3) is 4.19. The zero-order valence-corrected chi connectivity index (χ0v) is 13.7. The predicted molar refractivity (Wildman–Crippen MR) is 82.4 cm³/mol. The Hall–Kier alpha value is -3.15. The number of hydrogen-bond acceptors (Lipinski definition) is 7. The average Bonchev–Trinajstić information content (AvgIpc) is 2.57. The van der Waals surface area contributed by atoms with Gasteiger partial charge in [-0.05, 0) is 26.0 Å². The number of nitrogens with zero attached hydrogens (tertiary/aromatic N) is 3. The van der Waals surface area contributed by atoms with E-state index in [1.165, 1.54) is 24.1 Å². The number of amides is 1. The van der Waals surface area contributed by atoms with Gasteiger partial charge in [0.05, 0.1) is 23.7 Å². The lowest BCUT2D eigenvalue weighted by molar-refractivity contribution is -0.385. The number of hydrogen-bond donors (Lipinski definition) is 0. The fourth-order valence-corrected chi connectivity index (χ4v) is 1.65. The normalized spacial score (nSPS) is 10.5. The monoisotopic (exact) mass is 335 g/mol. The highest BCUT2D eigenvalue weighted by Gasteiger charge is 2.28. The highest BCUT2D eigenvalue weighted by Crippen LogP contribution is 2.28. The van der Waals surface area contributed by atoms with Crippen molar-refractivity contribution < 1.29 is 24.0 Å². The van der Waals surface area contributed by atoms with Gasteiger partial charge in [-0.15, -0.1) is 0 Å². The molecule has 0 radical (unpaired) electrons. The van der Waals surface area contributed by atoms with E-state index in [0.29, 0.717) is 0 Å². The van der Waals surface area contributed by atoms with E-state index >= 15 is 0 Å². The van der Waals surface area contributed by atoms with Crippen LogP contribution in [-0.2, 0) is 9.53 Å². The van der Waals surface area contributed by atoms with Crippen molar-refractivity contribution in [3.8, 4) is 11.8 Å². The molecule has 0 aromatic heterocycles. The summed E-state index contributed by atoms with van der Waals surface area (Å²) in [6.07, 6.45) is 0. The average molecular weight is 335 g/mol. The number of carbonyl (C=O) groups excluding carboxylic acids is 2. The van der Waals surface area contributed by atoms with Gasteiger partial charge < -0.3 is 14.4 Å². The van der Waals surface area contributed by atoms with Crippen molar-refractivity contribution in [3.05, 3.63) is 33.9 Å². The SMILES string of the molecule is COC(=O)c1ccc(OCC(=O)N(C)C(C)(C)C#N)c([N+](=O)[O-])c1. The van der Waals surface area contributed by atoms with Crippen LogP contribution in [0.4, 0.5) is 5.69 Å². The Balaban J connectivity index is 2.96. The first-order chi connectivity index (χ1) is 11.1. The summed E-state index contributed by atoms with van der Waals surface area (Å²) in [5, 5.41) is 20.1. The van der Waals surface area contributed by atoms with Crippen molar-refractivity contribution in [1.82, 2.24) is 4.90 Å². The highest BCUT2D eigenvalue weighted by molar-refractivity contribution is 5.90. The van der Waals surface area contributed by atoms with E-state index in [-0.39, 0.29) is 11.3 Å².